The first-order valence-corrected chi connectivity index (χ1v) is 10.4. The fourth-order valence-corrected chi connectivity index (χ4v) is 4.22. The lowest BCUT2D eigenvalue weighted by Gasteiger charge is -2.35. The molecule has 0 saturated carbocycles. The maximum Gasteiger partial charge on any atom is 0.251 e. The molecule has 0 radical (unpaired) electrons. The van der Waals surface area contributed by atoms with Gasteiger partial charge in [0.2, 0.25) is 0 Å². The molecular formula is C23H29N3O4. The summed E-state index contributed by atoms with van der Waals surface area (Å²) in [5.74, 6) is 1.00. The second kappa shape index (κ2) is 9.47. The standard InChI is InChI=1S/C23H29N3O4/c1-28-20-8-7-17(11-21(20)29-10-9-24)23(27)25-18-12-19-15-30-22(14-26(19)13-18)16-5-3-2-4-6-16/h2-8,11,18-19,22H,9-10,12-15,24H2,1H3,(H,25,27)/t18-,19+,22-/m1/s1. The van der Waals surface area contributed by atoms with E-state index >= 15 is 0 Å². The van der Waals surface area contributed by atoms with E-state index < -0.39 is 0 Å². The van der Waals surface area contributed by atoms with Gasteiger partial charge in [0.15, 0.2) is 11.5 Å². The van der Waals surface area contributed by atoms with E-state index in [0.29, 0.717) is 42.9 Å². The van der Waals surface area contributed by atoms with Crippen LogP contribution in [0.5, 0.6) is 11.5 Å². The van der Waals surface area contributed by atoms with Gasteiger partial charge in [0.25, 0.3) is 5.91 Å². The predicted molar refractivity (Wildman–Crippen MR) is 114 cm³/mol. The van der Waals surface area contributed by atoms with E-state index in [1.807, 2.05) is 18.2 Å². The van der Waals surface area contributed by atoms with Crippen LogP contribution >= 0.6 is 0 Å². The molecule has 30 heavy (non-hydrogen) atoms. The summed E-state index contributed by atoms with van der Waals surface area (Å²) < 4.78 is 17.0. The number of amides is 1. The van der Waals surface area contributed by atoms with Gasteiger partial charge in [0, 0.05) is 37.3 Å². The summed E-state index contributed by atoms with van der Waals surface area (Å²) in [4.78, 5) is 15.3. The molecule has 3 atom stereocenters. The van der Waals surface area contributed by atoms with Crippen molar-refractivity contribution in [2.45, 2.75) is 24.6 Å². The van der Waals surface area contributed by atoms with Crippen LogP contribution in [-0.4, -0.2) is 62.8 Å². The largest absolute Gasteiger partial charge is 0.493 e. The zero-order chi connectivity index (χ0) is 20.9. The Balaban J connectivity index is 1.37. The van der Waals surface area contributed by atoms with E-state index in [2.05, 4.69) is 22.3 Å². The molecule has 0 unspecified atom stereocenters. The number of morpholine rings is 1. The van der Waals surface area contributed by atoms with Crippen LogP contribution < -0.4 is 20.5 Å². The number of hydrogen-bond acceptors (Lipinski definition) is 6. The number of nitrogens with one attached hydrogen (secondary N) is 1. The maximum atomic E-state index is 12.8. The maximum absolute atomic E-state index is 12.8. The van der Waals surface area contributed by atoms with E-state index in [-0.39, 0.29) is 18.1 Å². The Kier molecular flexibility index (Phi) is 6.52. The van der Waals surface area contributed by atoms with Gasteiger partial charge in [0.05, 0.1) is 19.8 Å². The number of nitrogens with zero attached hydrogens (tertiary/aromatic N) is 1. The van der Waals surface area contributed by atoms with Gasteiger partial charge in [-0.1, -0.05) is 30.3 Å². The predicted octanol–water partition coefficient (Wildman–Crippen LogP) is 1.98. The van der Waals surface area contributed by atoms with Gasteiger partial charge in [-0.15, -0.1) is 0 Å². The number of methoxy groups -OCH3 is 1. The van der Waals surface area contributed by atoms with Crippen LogP contribution in [0.4, 0.5) is 0 Å². The molecule has 1 amide bonds. The van der Waals surface area contributed by atoms with Gasteiger partial charge in [0.1, 0.15) is 6.61 Å². The van der Waals surface area contributed by atoms with Crippen LogP contribution in [0.15, 0.2) is 48.5 Å². The van der Waals surface area contributed by atoms with Crippen molar-refractivity contribution in [1.29, 1.82) is 0 Å². The van der Waals surface area contributed by atoms with E-state index in [1.165, 1.54) is 5.56 Å². The van der Waals surface area contributed by atoms with Gasteiger partial charge < -0.3 is 25.3 Å². The summed E-state index contributed by atoms with van der Waals surface area (Å²) in [6.45, 7) is 3.12. The quantitative estimate of drug-likeness (QED) is 0.725. The van der Waals surface area contributed by atoms with Gasteiger partial charge in [-0.3, -0.25) is 9.69 Å². The van der Waals surface area contributed by atoms with Crippen molar-refractivity contribution >= 4 is 5.91 Å². The molecule has 2 aromatic carbocycles. The first-order chi connectivity index (χ1) is 14.7. The molecule has 0 aromatic heterocycles. The highest BCUT2D eigenvalue weighted by Crippen LogP contribution is 2.31. The van der Waals surface area contributed by atoms with Crippen LogP contribution in [0, 0.1) is 0 Å². The molecule has 7 nitrogen and oxygen atoms in total. The molecule has 3 N–H and O–H groups in total. The van der Waals surface area contributed by atoms with Gasteiger partial charge in [-0.2, -0.15) is 0 Å². The van der Waals surface area contributed by atoms with E-state index in [9.17, 15) is 4.79 Å². The molecule has 0 spiro atoms. The van der Waals surface area contributed by atoms with Gasteiger partial charge >= 0.3 is 0 Å². The molecule has 2 aromatic rings. The van der Waals surface area contributed by atoms with Crippen molar-refractivity contribution in [3.63, 3.8) is 0 Å². The third-order valence-corrected chi connectivity index (χ3v) is 5.73. The summed E-state index contributed by atoms with van der Waals surface area (Å²) in [7, 11) is 1.57. The van der Waals surface area contributed by atoms with E-state index in [1.54, 1.807) is 25.3 Å². The molecular weight excluding hydrogens is 382 g/mol. The van der Waals surface area contributed by atoms with Crippen molar-refractivity contribution in [2.24, 2.45) is 5.73 Å². The van der Waals surface area contributed by atoms with Gasteiger partial charge in [-0.25, -0.2) is 0 Å². The SMILES string of the molecule is COc1ccc(C(=O)N[C@@H]2C[C@H]3CO[C@@H](c4ccccc4)CN3C2)cc1OCCN. The lowest BCUT2D eigenvalue weighted by molar-refractivity contribution is -0.0502. The molecule has 2 aliphatic rings. The number of carbonyl (C=O) groups is 1. The number of benzene rings is 2. The fraction of sp³-hybridized carbons (Fsp3) is 0.435. The van der Waals surface area contributed by atoms with Crippen LogP contribution in [-0.2, 0) is 4.74 Å². The molecule has 2 saturated heterocycles. The number of rotatable bonds is 7. The molecule has 4 rings (SSSR count). The lowest BCUT2D eigenvalue weighted by Crippen LogP contribution is -2.43. The highest BCUT2D eigenvalue weighted by molar-refractivity contribution is 5.95. The minimum Gasteiger partial charge on any atom is -0.493 e. The van der Waals surface area contributed by atoms with Crippen molar-refractivity contribution in [2.75, 3.05) is 40.0 Å². The second-order valence-electron chi connectivity index (χ2n) is 7.75. The summed E-state index contributed by atoms with van der Waals surface area (Å²) in [6, 6.07) is 15.9. The smallest absolute Gasteiger partial charge is 0.251 e. The first-order valence-electron chi connectivity index (χ1n) is 10.4. The fourth-order valence-electron chi connectivity index (χ4n) is 4.22. The average molecular weight is 412 g/mol. The molecule has 7 heteroatoms. The average Bonchev–Trinajstić information content (AvgIpc) is 3.19. The summed E-state index contributed by atoms with van der Waals surface area (Å²) in [5, 5.41) is 3.17. The van der Waals surface area contributed by atoms with Crippen LogP contribution in [0.1, 0.15) is 28.4 Å². The zero-order valence-electron chi connectivity index (χ0n) is 17.3. The number of ether oxygens (including phenoxy) is 3. The number of fused-ring (bicyclic) bond motifs is 1. The highest BCUT2D eigenvalue weighted by Gasteiger charge is 2.38. The topological polar surface area (TPSA) is 86.0 Å². The highest BCUT2D eigenvalue weighted by atomic mass is 16.5. The summed E-state index contributed by atoms with van der Waals surface area (Å²) >= 11 is 0. The second-order valence-corrected chi connectivity index (χ2v) is 7.75. The molecule has 2 fully saturated rings. The third kappa shape index (κ3) is 4.59. The third-order valence-electron chi connectivity index (χ3n) is 5.73. The van der Waals surface area contributed by atoms with Crippen molar-refractivity contribution in [3.8, 4) is 11.5 Å². The number of carbonyl (C=O) groups excluding carboxylic acids is 1. The minimum atomic E-state index is -0.111. The molecule has 0 bridgehead atoms. The normalized spacial score (nSPS) is 23.6. The summed E-state index contributed by atoms with van der Waals surface area (Å²) in [6.07, 6.45) is 0.973. The Bertz CT molecular complexity index is 861. The summed E-state index contributed by atoms with van der Waals surface area (Å²) in [5.41, 5.74) is 7.27. The Morgan fingerprint density at radius 3 is 2.80 bits per heavy atom. The number of hydrogen-bond donors (Lipinski definition) is 2. The van der Waals surface area contributed by atoms with E-state index in [0.717, 1.165) is 19.5 Å². The van der Waals surface area contributed by atoms with Crippen molar-refractivity contribution in [3.05, 3.63) is 59.7 Å². The number of nitrogens with two attached hydrogens (primary N) is 1. The minimum absolute atomic E-state index is 0.0840. The van der Waals surface area contributed by atoms with Crippen LogP contribution in [0.3, 0.4) is 0 Å². The van der Waals surface area contributed by atoms with E-state index in [4.69, 9.17) is 19.9 Å². The first kappa shape index (κ1) is 20.7. The Hall–Kier alpha value is -2.61. The van der Waals surface area contributed by atoms with Crippen molar-refractivity contribution in [1.82, 2.24) is 10.2 Å². The van der Waals surface area contributed by atoms with Crippen LogP contribution in [0.25, 0.3) is 0 Å². The van der Waals surface area contributed by atoms with Gasteiger partial charge in [-0.05, 0) is 30.2 Å². The molecule has 2 heterocycles. The monoisotopic (exact) mass is 411 g/mol. The molecule has 2 aliphatic heterocycles. The van der Waals surface area contributed by atoms with Crippen LogP contribution in [0.2, 0.25) is 0 Å². The molecule has 0 aliphatic carbocycles. The Labute approximate surface area is 177 Å². The zero-order valence-corrected chi connectivity index (χ0v) is 17.3. The Morgan fingerprint density at radius 1 is 1.20 bits per heavy atom. The molecule has 160 valence electrons. The lowest BCUT2D eigenvalue weighted by atomic mass is 10.1. The van der Waals surface area contributed by atoms with Crippen molar-refractivity contribution < 1.29 is 19.0 Å². The Morgan fingerprint density at radius 2 is 2.03 bits per heavy atom.